The summed E-state index contributed by atoms with van der Waals surface area (Å²) >= 11 is 3.30. The van der Waals surface area contributed by atoms with Gasteiger partial charge in [0.25, 0.3) is 5.91 Å². The molecule has 0 radical (unpaired) electrons. The Balaban J connectivity index is 2.14. The molecule has 0 spiro atoms. The maximum absolute atomic E-state index is 12.5. The lowest BCUT2D eigenvalue weighted by Crippen LogP contribution is -2.33. The van der Waals surface area contributed by atoms with E-state index in [-0.39, 0.29) is 12.3 Å². The predicted molar refractivity (Wildman–Crippen MR) is 83.5 cm³/mol. The highest BCUT2D eigenvalue weighted by molar-refractivity contribution is 9.10. The van der Waals surface area contributed by atoms with E-state index < -0.39 is 5.91 Å². The Bertz CT molecular complexity index is 625. The number of hydrogen-bond donors (Lipinski definition) is 2. The highest BCUT2D eigenvalue weighted by Gasteiger charge is 2.18. The van der Waals surface area contributed by atoms with Gasteiger partial charge < -0.3 is 15.6 Å². The minimum atomic E-state index is -0.423. The highest BCUT2D eigenvalue weighted by Crippen LogP contribution is 2.14. The molecule has 1 aromatic carbocycles. The van der Waals surface area contributed by atoms with Gasteiger partial charge in [-0.3, -0.25) is 9.59 Å². The molecule has 0 bridgehead atoms. The van der Waals surface area contributed by atoms with Gasteiger partial charge in [-0.15, -0.1) is 0 Å². The molecule has 0 saturated carbocycles. The second-order valence-electron chi connectivity index (χ2n) is 4.66. The number of primary amides is 1. The van der Waals surface area contributed by atoms with Crippen LogP contribution in [0.5, 0.6) is 0 Å². The van der Waals surface area contributed by atoms with E-state index in [0.29, 0.717) is 18.8 Å². The number of H-pyrrole nitrogens is 1. The third kappa shape index (κ3) is 4.46. The molecule has 2 aromatic rings. The van der Waals surface area contributed by atoms with E-state index in [4.69, 9.17) is 5.73 Å². The molecule has 0 saturated heterocycles. The van der Waals surface area contributed by atoms with Crippen LogP contribution in [-0.2, 0) is 11.3 Å². The van der Waals surface area contributed by atoms with Crippen LogP contribution in [0.1, 0.15) is 22.5 Å². The summed E-state index contributed by atoms with van der Waals surface area (Å²) in [5.41, 5.74) is 6.66. The number of aromatic nitrogens is 1. The summed E-state index contributed by atoms with van der Waals surface area (Å²) in [4.78, 5) is 28.0. The summed E-state index contributed by atoms with van der Waals surface area (Å²) in [6.07, 6.45) is 1.84. The van der Waals surface area contributed by atoms with E-state index in [9.17, 15) is 9.59 Å². The molecule has 6 heteroatoms. The zero-order valence-corrected chi connectivity index (χ0v) is 13.0. The van der Waals surface area contributed by atoms with Gasteiger partial charge in [-0.2, -0.15) is 0 Å². The zero-order chi connectivity index (χ0) is 15.2. The minimum Gasteiger partial charge on any atom is -0.370 e. The summed E-state index contributed by atoms with van der Waals surface area (Å²) < 4.78 is 0.806. The maximum Gasteiger partial charge on any atom is 0.270 e. The molecule has 1 heterocycles. The number of halogens is 1. The van der Waals surface area contributed by atoms with Gasteiger partial charge in [-0.05, 0) is 27.6 Å². The van der Waals surface area contributed by atoms with Crippen molar-refractivity contribution >= 4 is 27.7 Å². The van der Waals surface area contributed by atoms with Crippen LogP contribution >= 0.6 is 15.9 Å². The normalized spacial score (nSPS) is 10.3. The van der Waals surface area contributed by atoms with Crippen molar-refractivity contribution in [1.29, 1.82) is 0 Å². The fourth-order valence-electron chi connectivity index (χ4n) is 1.96. The molecular formula is C15H16BrN3O2. The molecule has 0 unspecified atom stereocenters. The lowest BCUT2D eigenvalue weighted by Gasteiger charge is -2.21. The van der Waals surface area contributed by atoms with Crippen LogP contribution in [-0.4, -0.2) is 28.2 Å². The van der Waals surface area contributed by atoms with Gasteiger partial charge >= 0.3 is 0 Å². The number of amides is 2. The number of nitrogens with zero attached hydrogens (tertiary/aromatic N) is 1. The molecule has 2 rings (SSSR count). The molecule has 21 heavy (non-hydrogen) atoms. The van der Waals surface area contributed by atoms with Gasteiger partial charge in [0.05, 0.1) is 0 Å². The third-order valence-electron chi connectivity index (χ3n) is 3.01. The second-order valence-corrected chi connectivity index (χ2v) is 5.58. The van der Waals surface area contributed by atoms with Gasteiger partial charge in [0.15, 0.2) is 0 Å². The van der Waals surface area contributed by atoms with Crippen LogP contribution in [0, 0.1) is 0 Å². The Labute approximate surface area is 131 Å². The van der Waals surface area contributed by atoms with Crippen molar-refractivity contribution in [2.45, 2.75) is 13.0 Å². The van der Waals surface area contributed by atoms with Crippen LogP contribution in [0.4, 0.5) is 0 Å². The Morgan fingerprint density at radius 2 is 1.95 bits per heavy atom. The number of nitrogens with two attached hydrogens (primary N) is 1. The van der Waals surface area contributed by atoms with E-state index in [2.05, 4.69) is 20.9 Å². The van der Waals surface area contributed by atoms with Gasteiger partial charge in [-0.1, -0.05) is 30.3 Å². The molecule has 0 aliphatic heterocycles. The maximum atomic E-state index is 12.5. The lowest BCUT2D eigenvalue weighted by molar-refractivity contribution is -0.118. The number of hydrogen-bond acceptors (Lipinski definition) is 2. The average molecular weight is 350 g/mol. The van der Waals surface area contributed by atoms with Crippen molar-refractivity contribution < 1.29 is 9.59 Å². The topological polar surface area (TPSA) is 79.2 Å². The van der Waals surface area contributed by atoms with Gasteiger partial charge in [0, 0.05) is 30.2 Å². The van der Waals surface area contributed by atoms with Crippen molar-refractivity contribution in [1.82, 2.24) is 9.88 Å². The first kappa shape index (κ1) is 15.3. The molecule has 1 aromatic heterocycles. The fraction of sp³-hybridized carbons (Fsp3) is 0.200. The Hall–Kier alpha value is -2.08. The highest BCUT2D eigenvalue weighted by atomic mass is 79.9. The Morgan fingerprint density at radius 1 is 1.24 bits per heavy atom. The summed E-state index contributed by atoms with van der Waals surface area (Å²) in [6.45, 7) is 0.725. The first-order chi connectivity index (χ1) is 10.1. The molecule has 110 valence electrons. The molecule has 0 atom stereocenters. The predicted octanol–water partition coefficient (Wildman–Crippen LogP) is 2.29. The number of nitrogens with one attached hydrogen (secondary N) is 1. The number of carbonyl (C=O) groups is 2. The number of rotatable bonds is 6. The number of benzene rings is 1. The Kier molecular flexibility index (Phi) is 5.16. The summed E-state index contributed by atoms with van der Waals surface area (Å²) in [6, 6.07) is 11.3. The van der Waals surface area contributed by atoms with Crippen molar-refractivity contribution in [2.24, 2.45) is 5.73 Å². The van der Waals surface area contributed by atoms with E-state index >= 15 is 0 Å². The fourth-order valence-corrected chi connectivity index (χ4v) is 2.31. The van der Waals surface area contributed by atoms with Crippen LogP contribution in [0.15, 0.2) is 47.1 Å². The SMILES string of the molecule is NC(=O)CCN(Cc1ccccc1)C(=O)c1cc(Br)c[nH]1. The van der Waals surface area contributed by atoms with Gasteiger partial charge in [-0.25, -0.2) is 0 Å². The molecule has 3 N–H and O–H groups in total. The molecular weight excluding hydrogens is 334 g/mol. The number of carbonyl (C=O) groups excluding carboxylic acids is 2. The Morgan fingerprint density at radius 3 is 2.52 bits per heavy atom. The molecule has 0 fully saturated rings. The summed E-state index contributed by atoms with van der Waals surface area (Å²) in [5, 5.41) is 0. The molecule has 2 amide bonds. The molecule has 5 nitrogen and oxygen atoms in total. The smallest absolute Gasteiger partial charge is 0.270 e. The largest absolute Gasteiger partial charge is 0.370 e. The van der Waals surface area contributed by atoms with Crippen LogP contribution in [0.25, 0.3) is 0 Å². The van der Waals surface area contributed by atoms with Gasteiger partial charge in [0.2, 0.25) is 5.91 Å². The lowest BCUT2D eigenvalue weighted by atomic mass is 10.2. The van der Waals surface area contributed by atoms with E-state index in [1.165, 1.54) is 0 Å². The minimum absolute atomic E-state index is 0.139. The van der Waals surface area contributed by atoms with E-state index in [1.54, 1.807) is 17.2 Å². The molecule has 0 aliphatic rings. The van der Waals surface area contributed by atoms with Crippen LogP contribution in [0.3, 0.4) is 0 Å². The summed E-state index contributed by atoms with van der Waals surface area (Å²) in [7, 11) is 0. The monoisotopic (exact) mass is 349 g/mol. The number of aromatic amines is 1. The quantitative estimate of drug-likeness (QED) is 0.838. The van der Waals surface area contributed by atoms with E-state index in [0.717, 1.165) is 10.0 Å². The van der Waals surface area contributed by atoms with E-state index in [1.807, 2.05) is 30.3 Å². The van der Waals surface area contributed by atoms with Gasteiger partial charge in [0.1, 0.15) is 5.69 Å². The first-order valence-corrected chi connectivity index (χ1v) is 7.31. The standard InChI is InChI=1S/C15H16BrN3O2/c16-12-8-13(18-9-12)15(21)19(7-6-14(17)20)10-11-4-2-1-3-5-11/h1-5,8-9,18H,6-7,10H2,(H2,17,20). The second kappa shape index (κ2) is 7.08. The summed E-state index contributed by atoms with van der Waals surface area (Å²) in [5.74, 6) is -0.584. The van der Waals surface area contributed by atoms with Crippen LogP contribution < -0.4 is 5.73 Å². The first-order valence-electron chi connectivity index (χ1n) is 6.51. The molecule has 0 aliphatic carbocycles. The van der Waals surface area contributed by atoms with Crippen molar-refractivity contribution in [3.8, 4) is 0 Å². The van der Waals surface area contributed by atoms with Crippen molar-refractivity contribution in [3.63, 3.8) is 0 Å². The van der Waals surface area contributed by atoms with Crippen LogP contribution in [0.2, 0.25) is 0 Å². The average Bonchev–Trinajstić information content (AvgIpc) is 2.90. The van der Waals surface area contributed by atoms with Crippen molar-refractivity contribution in [2.75, 3.05) is 6.54 Å². The van der Waals surface area contributed by atoms with Crippen molar-refractivity contribution in [3.05, 3.63) is 58.3 Å². The zero-order valence-electron chi connectivity index (χ0n) is 11.4. The third-order valence-corrected chi connectivity index (χ3v) is 3.47.